The lowest BCUT2D eigenvalue weighted by molar-refractivity contribution is -0.152. The molecule has 1 aromatic rings. The Morgan fingerprint density at radius 2 is 2.14 bits per heavy atom. The summed E-state index contributed by atoms with van der Waals surface area (Å²) < 4.78 is 4.93. The fraction of sp³-hybridized carbons (Fsp3) is 0.550. The third kappa shape index (κ3) is 3.86. The number of methoxy groups -OCH3 is 1. The first kappa shape index (κ1) is 20.6. The van der Waals surface area contributed by atoms with Crippen LogP contribution in [0.5, 0.6) is 0 Å². The number of oxime groups is 1. The van der Waals surface area contributed by atoms with Crippen molar-refractivity contribution in [2.75, 3.05) is 13.7 Å². The zero-order chi connectivity index (χ0) is 20.7. The molecule has 0 radical (unpaired) electrons. The number of carbonyl (C=O) groups excluding carboxylic acids is 2. The third-order valence-corrected chi connectivity index (χ3v) is 5.59. The average Bonchev–Trinajstić information content (AvgIpc) is 3.23. The lowest BCUT2D eigenvalue weighted by Crippen LogP contribution is -2.53. The molecule has 2 aliphatic rings. The van der Waals surface area contributed by atoms with E-state index in [9.17, 15) is 9.59 Å². The van der Waals surface area contributed by atoms with Crippen LogP contribution in [0.1, 0.15) is 39.2 Å². The Kier molecular flexibility index (Phi) is 5.42. The number of likely N-dealkylation sites (tertiary alicyclic amines) is 1. The summed E-state index contributed by atoms with van der Waals surface area (Å²) >= 11 is 6.08. The van der Waals surface area contributed by atoms with Crippen LogP contribution in [0, 0.1) is 5.41 Å². The van der Waals surface area contributed by atoms with E-state index < -0.39 is 29.1 Å². The average molecular weight is 408 g/mol. The molecule has 1 spiro atoms. The number of ether oxygens (including phenoxy) is 1. The molecule has 1 aromatic carbocycles. The van der Waals surface area contributed by atoms with Crippen molar-refractivity contribution >= 4 is 29.2 Å². The summed E-state index contributed by atoms with van der Waals surface area (Å²) in [5.41, 5.74) is 6.55. The van der Waals surface area contributed by atoms with Gasteiger partial charge in [-0.25, -0.2) is 4.79 Å². The standard InChI is InChI=1S/C20H26ClN3O4/c1-19(2,3)16(22)17(25)24-11-20(10-15(24)18(26)27-4)9-14(23-28-20)12-6-5-7-13(21)8-12/h5-8,15-16H,9-11,22H2,1-4H3/t15-,16+,20+/m0/s1. The van der Waals surface area contributed by atoms with Gasteiger partial charge in [0.25, 0.3) is 0 Å². The highest BCUT2D eigenvalue weighted by Gasteiger charge is 2.55. The van der Waals surface area contributed by atoms with E-state index in [1.54, 1.807) is 6.07 Å². The van der Waals surface area contributed by atoms with Crippen LogP contribution in [-0.2, 0) is 19.2 Å². The summed E-state index contributed by atoms with van der Waals surface area (Å²) in [5, 5.41) is 4.83. The normalized spacial score (nSPS) is 25.4. The van der Waals surface area contributed by atoms with Gasteiger partial charge >= 0.3 is 5.97 Å². The van der Waals surface area contributed by atoms with Crippen molar-refractivity contribution in [1.82, 2.24) is 4.90 Å². The molecular formula is C20H26ClN3O4. The Bertz CT molecular complexity index is 820. The molecular weight excluding hydrogens is 382 g/mol. The molecule has 0 aromatic heterocycles. The van der Waals surface area contributed by atoms with Gasteiger partial charge in [0.15, 0.2) is 5.60 Å². The molecule has 0 saturated carbocycles. The van der Waals surface area contributed by atoms with Crippen LogP contribution < -0.4 is 5.73 Å². The Hall–Kier alpha value is -2.12. The van der Waals surface area contributed by atoms with E-state index in [0.29, 0.717) is 17.9 Å². The van der Waals surface area contributed by atoms with Gasteiger partial charge < -0.3 is 20.2 Å². The zero-order valence-electron chi connectivity index (χ0n) is 16.6. The van der Waals surface area contributed by atoms with Gasteiger partial charge in [0.2, 0.25) is 5.91 Å². The van der Waals surface area contributed by atoms with Crippen molar-refractivity contribution < 1.29 is 19.2 Å². The minimum atomic E-state index is -0.774. The monoisotopic (exact) mass is 407 g/mol. The molecule has 0 unspecified atom stereocenters. The predicted octanol–water partition coefficient (Wildman–Crippen LogP) is 2.35. The zero-order valence-corrected chi connectivity index (χ0v) is 17.3. The molecule has 1 amide bonds. The number of hydrogen-bond donors (Lipinski definition) is 1. The van der Waals surface area contributed by atoms with Crippen molar-refractivity contribution in [3.63, 3.8) is 0 Å². The van der Waals surface area contributed by atoms with Gasteiger partial charge in [0.05, 0.1) is 25.4 Å². The highest BCUT2D eigenvalue weighted by atomic mass is 35.5. The summed E-state index contributed by atoms with van der Waals surface area (Å²) in [6, 6.07) is 5.85. The Morgan fingerprint density at radius 1 is 1.43 bits per heavy atom. The molecule has 3 rings (SSSR count). The molecule has 7 nitrogen and oxygen atoms in total. The molecule has 3 atom stereocenters. The van der Waals surface area contributed by atoms with Crippen molar-refractivity contribution in [2.24, 2.45) is 16.3 Å². The molecule has 1 saturated heterocycles. The smallest absolute Gasteiger partial charge is 0.328 e. The number of halogens is 1. The molecule has 2 aliphatic heterocycles. The van der Waals surface area contributed by atoms with Gasteiger partial charge in [-0.2, -0.15) is 0 Å². The number of rotatable bonds is 3. The van der Waals surface area contributed by atoms with Gasteiger partial charge in [-0.1, -0.05) is 49.7 Å². The van der Waals surface area contributed by atoms with Gasteiger partial charge in [-0.3, -0.25) is 4.79 Å². The van der Waals surface area contributed by atoms with E-state index >= 15 is 0 Å². The number of benzene rings is 1. The van der Waals surface area contributed by atoms with Crippen LogP contribution >= 0.6 is 11.6 Å². The van der Waals surface area contributed by atoms with E-state index in [-0.39, 0.29) is 12.5 Å². The summed E-state index contributed by atoms with van der Waals surface area (Å²) in [5.74, 6) is -0.772. The topological polar surface area (TPSA) is 94.2 Å². The molecule has 2 N–H and O–H groups in total. The summed E-state index contributed by atoms with van der Waals surface area (Å²) in [7, 11) is 1.31. The summed E-state index contributed by atoms with van der Waals surface area (Å²) in [6.07, 6.45) is 0.769. The minimum Gasteiger partial charge on any atom is -0.467 e. The van der Waals surface area contributed by atoms with E-state index in [1.165, 1.54) is 12.0 Å². The molecule has 152 valence electrons. The fourth-order valence-corrected chi connectivity index (χ4v) is 3.80. The molecule has 2 heterocycles. The number of carbonyl (C=O) groups is 2. The lowest BCUT2D eigenvalue weighted by Gasteiger charge is -2.32. The summed E-state index contributed by atoms with van der Waals surface area (Å²) in [6.45, 7) is 5.89. The van der Waals surface area contributed by atoms with Crippen LogP contribution in [-0.4, -0.2) is 53.8 Å². The van der Waals surface area contributed by atoms with Crippen molar-refractivity contribution in [2.45, 2.75) is 51.3 Å². The van der Waals surface area contributed by atoms with E-state index in [1.807, 2.05) is 39.0 Å². The number of hydrogen-bond acceptors (Lipinski definition) is 6. The first-order valence-corrected chi connectivity index (χ1v) is 9.59. The van der Waals surface area contributed by atoms with E-state index in [4.69, 9.17) is 26.9 Å². The minimum absolute atomic E-state index is 0.225. The second kappa shape index (κ2) is 7.37. The highest BCUT2D eigenvalue weighted by molar-refractivity contribution is 6.31. The second-order valence-corrected chi connectivity index (χ2v) is 8.99. The van der Waals surface area contributed by atoms with Crippen LogP contribution in [0.15, 0.2) is 29.4 Å². The Balaban J connectivity index is 1.83. The van der Waals surface area contributed by atoms with Crippen molar-refractivity contribution in [1.29, 1.82) is 0 Å². The quantitative estimate of drug-likeness (QED) is 0.776. The maximum absolute atomic E-state index is 13.0. The van der Waals surface area contributed by atoms with Crippen LogP contribution in [0.2, 0.25) is 5.02 Å². The SMILES string of the molecule is COC(=O)[C@@H]1C[C@]2(CC(c3cccc(Cl)c3)=NO2)CN1C(=O)[C@@H](N)C(C)(C)C. The van der Waals surface area contributed by atoms with Gasteiger partial charge in [-0.15, -0.1) is 0 Å². The van der Waals surface area contributed by atoms with E-state index in [0.717, 1.165) is 11.3 Å². The van der Waals surface area contributed by atoms with Gasteiger partial charge in [0.1, 0.15) is 6.04 Å². The first-order chi connectivity index (χ1) is 13.1. The molecule has 28 heavy (non-hydrogen) atoms. The number of nitrogens with zero attached hydrogens (tertiary/aromatic N) is 2. The van der Waals surface area contributed by atoms with E-state index in [2.05, 4.69) is 5.16 Å². The Labute approximate surface area is 169 Å². The second-order valence-electron chi connectivity index (χ2n) is 8.55. The van der Waals surface area contributed by atoms with Crippen LogP contribution in [0.4, 0.5) is 0 Å². The molecule has 8 heteroatoms. The maximum Gasteiger partial charge on any atom is 0.328 e. The van der Waals surface area contributed by atoms with Crippen LogP contribution in [0.25, 0.3) is 0 Å². The lowest BCUT2D eigenvalue weighted by atomic mass is 9.86. The van der Waals surface area contributed by atoms with Gasteiger partial charge in [-0.05, 0) is 17.5 Å². The highest BCUT2D eigenvalue weighted by Crippen LogP contribution is 2.40. The number of esters is 1. The van der Waals surface area contributed by atoms with Crippen LogP contribution in [0.3, 0.4) is 0 Å². The Morgan fingerprint density at radius 3 is 2.75 bits per heavy atom. The van der Waals surface area contributed by atoms with Gasteiger partial charge in [0, 0.05) is 23.4 Å². The predicted molar refractivity (Wildman–Crippen MR) is 106 cm³/mol. The molecule has 0 bridgehead atoms. The summed E-state index contributed by atoms with van der Waals surface area (Å²) in [4.78, 5) is 32.7. The number of nitrogens with two attached hydrogens (primary N) is 1. The largest absolute Gasteiger partial charge is 0.467 e. The maximum atomic E-state index is 13.0. The first-order valence-electron chi connectivity index (χ1n) is 9.21. The number of amides is 1. The third-order valence-electron chi connectivity index (χ3n) is 5.35. The van der Waals surface area contributed by atoms with Crippen molar-refractivity contribution in [3.05, 3.63) is 34.9 Å². The van der Waals surface area contributed by atoms with Crippen molar-refractivity contribution in [3.8, 4) is 0 Å². The molecule has 0 aliphatic carbocycles. The molecule has 1 fully saturated rings. The fourth-order valence-electron chi connectivity index (χ4n) is 3.61.